The molecular formula is C15H21NS. The minimum atomic E-state index is 1.11. The molecule has 0 spiro atoms. The molecule has 0 radical (unpaired) electrons. The Morgan fingerprint density at radius 1 is 1.35 bits per heavy atom. The third-order valence-electron chi connectivity index (χ3n) is 3.28. The van der Waals surface area contributed by atoms with Gasteiger partial charge in [0.25, 0.3) is 0 Å². The smallest absolute Gasteiger partial charge is 0.0293 e. The number of hydrogen-bond donors (Lipinski definition) is 0. The fourth-order valence-electron chi connectivity index (χ4n) is 2.35. The number of fused-ring (bicyclic) bond motifs is 1. The minimum absolute atomic E-state index is 1.11. The molecule has 0 aromatic heterocycles. The van der Waals surface area contributed by atoms with Crippen LogP contribution in [0.1, 0.15) is 24.5 Å². The third-order valence-corrected chi connectivity index (χ3v) is 4.10. The number of nitrogens with zero attached hydrogens (tertiary/aromatic N) is 1. The van der Waals surface area contributed by atoms with Gasteiger partial charge in [0.15, 0.2) is 0 Å². The van der Waals surface area contributed by atoms with E-state index < -0.39 is 0 Å². The first kappa shape index (κ1) is 12.7. The summed E-state index contributed by atoms with van der Waals surface area (Å²) >= 11 is 1.89. The lowest BCUT2D eigenvalue weighted by Gasteiger charge is -2.29. The zero-order valence-corrected chi connectivity index (χ0v) is 11.6. The number of thioether (sulfide) groups is 1. The Kier molecular flexibility index (Phi) is 4.69. The number of allylic oxidation sites excluding steroid dienone is 1. The Labute approximate surface area is 109 Å². The molecule has 1 aromatic rings. The maximum atomic E-state index is 2.56. The first-order chi connectivity index (χ1) is 8.33. The molecule has 1 nitrogen and oxygen atoms in total. The lowest BCUT2D eigenvalue weighted by atomic mass is 10.00. The van der Waals surface area contributed by atoms with Crippen LogP contribution in [0.4, 0.5) is 0 Å². The van der Waals surface area contributed by atoms with Crippen molar-refractivity contribution >= 4 is 11.8 Å². The predicted octanol–water partition coefficient (Wildman–Crippen LogP) is 3.70. The van der Waals surface area contributed by atoms with Gasteiger partial charge in [0, 0.05) is 19.6 Å². The molecule has 92 valence electrons. The fraction of sp³-hybridized carbons (Fsp3) is 0.467. The summed E-state index contributed by atoms with van der Waals surface area (Å²) < 4.78 is 0. The van der Waals surface area contributed by atoms with Crippen molar-refractivity contribution in [2.45, 2.75) is 26.3 Å². The SMILES string of the molecule is CC/C=C(/CN1CCc2ccccc2C1)SC. The average molecular weight is 247 g/mol. The molecule has 0 bridgehead atoms. The highest BCUT2D eigenvalue weighted by molar-refractivity contribution is 8.02. The average Bonchev–Trinajstić information content (AvgIpc) is 2.38. The van der Waals surface area contributed by atoms with Gasteiger partial charge in [-0.25, -0.2) is 0 Å². The Bertz CT molecular complexity index is 398. The van der Waals surface area contributed by atoms with Crippen molar-refractivity contribution in [3.05, 3.63) is 46.4 Å². The van der Waals surface area contributed by atoms with Crippen molar-refractivity contribution in [3.63, 3.8) is 0 Å². The van der Waals surface area contributed by atoms with Crippen molar-refractivity contribution in [3.8, 4) is 0 Å². The molecule has 0 aliphatic carbocycles. The van der Waals surface area contributed by atoms with E-state index in [4.69, 9.17) is 0 Å². The van der Waals surface area contributed by atoms with Crippen LogP contribution in [0.2, 0.25) is 0 Å². The van der Waals surface area contributed by atoms with E-state index in [0.717, 1.165) is 19.5 Å². The molecule has 0 fully saturated rings. The molecule has 0 N–H and O–H groups in total. The van der Waals surface area contributed by atoms with E-state index in [2.05, 4.69) is 48.4 Å². The molecule has 0 saturated carbocycles. The highest BCUT2D eigenvalue weighted by atomic mass is 32.2. The van der Waals surface area contributed by atoms with E-state index in [0.29, 0.717) is 0 Å². The summed E-state index contributed by atoms with van der Waals surface area (Å²) in [7, 11) is 0. The van der Waals surface area contributed by atoms with Crippen LogP contribution in [0, 0.1) is 0 Å². The van der Waals surface area contributed by atoms with Gasteiger partial charge in [-0.2, -0.15) is 0 Å². The van der Waals surface area contributed by atoms with Crippen molar-refractivity contribution < 1.29 is 0 Å². The molecule has 2 heteroatoms. The molecule has 1 aliphatic rings. The normalized spacial score (nSPS) is 16.9. The van der Waals surface area contributed by atoms with E-state index in [-0.39, 0.29) is 0 Å². The topological polar surface area (TPSA) is 3.24 Å². The lowest BCUT2D eigenvalue weighted by Crippen LogP contribution is -2.31. The lowest BCUT2D eigenvalue weighted by molar-refractivity contribution is 0.280. The quantitative estimate of drug-likeness (QED) is 0.798. The first-order valence-corrected chi connectivity index (χ1v) is 7.58. The largest absolute Gasteiger partial charge is 0.294 e. The standard InChI is InChI=1S/C15H21NS/c1-3-6-15(17-2)12-16-10-9-13-7-4-5-8-14(13)11-16/h4-8H,3,9-12H2,1-2H3/b15-6-. The molecule has 1 aromatic carbocycles. The van der Waals surface area contributed by atoms with E-state index in [9.17, 15) is 0 Å². The molecule has 17 heavy (non-hydrogen) atoms. The maximum Gasteiger partial charge on any atom is 0.0293 e. The first-order valence-electron chi connectivity index (χ1n) is 6.35. The van der Waals surface area contributed by atoms with Crippen molar-refractivity contribution in [2.24, 2.45) is 0 Å². The number of hydrogen-bond acceptors (Lipinski definition) is 2. The van der Waals surface area contributed by atoms with Gasteiger partial charge >= 0.3 is 0 Å². The summed E-state index contributed by atoms with van der Waals surface area (Å²) in [6.45, 7) is 5.63. The van der Waals surface area contributed by atoms with Gasteiger partial charge in [-0.1, -0.05) is 37.3 Å². The molecule has 0 unspecified atom stereocenters. The molecule has 1 aliphatic heterocycles. The summed E-state index contributed by atoms with van der Waals surface area (Å²) in [5.41, 5.74) is 3.05. The number of benzene rings is 1. The molecule has 0 saturated heterocycles. The molecule has 0 atom stereocenters. The Hall–Kier alpha value is -0.730. The molecule has 1 heterocycles. The van der Waals surface area contributed by atoms with Crippen LogP contribution < -0.4 is 0 Å². The number of rotatable bonds is 4. The predicted molar refractivity (Wildman–Crippen MR) is 77.3 cm³/mol. The van der Waals surface area contributed by atoms with Crippen LogP contribution in [-0.2, 0) is 13.0 Å². The van der Waals surface area contributed by atoms with Crippen LogP contribution >= 0.6 is 11.8 Å². The van der Waals surface area contributed by atoms with E-state index >= 15 is 0 Å². The summed E-state index contributed by atoms with van der Waals surface area (Å²) in [6.07, 6.45) is 6.87. The van der Waals surface area contributed by atoms with Crippen molar-refractivity contribution in [1.82, 2.24) is 4.90 Å². The van der Waals surface area contributed by atoms with Crippen LogP contribution in [0.25, 0.3) is 0 Å². The van der Waals surface area contributed by atoms with Gasteiger partial charge in [0.1, 0.15) is 0 Å². The Morgan fingerprint density at radius 3 is 2.82 bits per heavy atom. The van der Waals surface area contributed by atoms with E-state index in [1.807, 2.05) is 11.8 Å². The Balaban J connectivity index is 2.00. The van der Waals surface area contributed by atoms with Crippen molar-refractivity contribution in [2.75, 3.05) is 19.3 Å². The van der Waals surface area contributed by atoms with Gasteiger partial charge in [-0.15, -0.1) is 11.8 Å². The summed E-state index contributed by atoms with van der Waals surface area (Å²) in [4.78, 5) is 4.06. The van der Waals surface area contributed by atoms with Gasteiger partial charge < -0.3 is 0 Å². The van der Waals surface area contributed by atoms with Crippen LogP contribution in [0.5, 0.6) is 0 Å². The van der Waals surface area contributed by atoms with Gasteiger partial charge in [0.2, 0.25) is 0 Å². The van der Waals surface area contributed by atoms with Gasteiger partial charge in [-0.3, -0.25) is 4.90 Å². The second-order valence-corrected chi connectivity index (χ2v) is 5.44. The van der Waals surface area contributed by atoms with E-state index in [1.54, 1.807) is 0 Å². The van der Waals surface area contributed by atoms with Crippen LogP contribution in [-0.4, -0.2) is 24.2 Å². The highest BCUT2D eigenvalue weighted by Crippen LogP contribution is 2.21. The van der Waals surface area contributed by atoms with Crippen molar-refractivity contribution in [1.29, 1.82) is 0 Å². The second-order valence-electron chi connectivity index (χ2n) is 4.51. The fourth-order valence-corrected chi connectivity index (χ4v) is 2.99. The summed E-state index contributed by atoms with van der Waals surface area (Å²) in [5.74, 6) is 0. The molecule has 2 rings (SSSR count). The monoisotopic (exact) mass is 247 g/mol. The van der Waals surface area contributed by atoms with Gasteiger partial charge in [-0.05, 0) is 35.1 Å². The minimum Gasteiger partial charge on any atom is -0.294 e. The zero-order valence-electron chi connectivity index (χ0n) is 10.8. The second kappa shape index (κ2) is 6.27. The maximum absolute atomic E-state index is 2.56. The Morgan fingerprint density at radius 2 is 2.12 bits per heavy atom. The molecular weight excluding hydrogens is 226 g/mol. The summed E-state index contributed by atoms with van der Waals surface area (Å²) in [5, 5.41) is 0. The molecule has 0 amide bonds. The van der Waals surface area contributed by atoms with E-state index in [1.165, 1.54) is 29.0 Å². The summed E-state index contributed by atoms with van der Waals surface area (Å²) in [6, 6.07) is 8.84. The van der Waals surface area contributed by atoms with Crippen LogP contribution in [0.3, 0.4) is 0 Å². The third kappa shape index (κ3) is 3.36. The van der Waals surface area contributed by atoms with Crippen LogP contribution in [0.15, 0.2) is 35.2 Å². The zero-order chi connectivity index (χ0) is 12.1. The van der Waals surface area contributed by atoms with Gasteiger partial charge in [0.05, 0.1) is 0 Å². The highest BCUT2D eigenvalue weighted by Gasteiger charge is 2.15.